The van der Waals surface area contributed by atoms with Crippen LogP contribution in [0.25, 0.3) is 0 Å². The summed E-state index contributed by atoms with van der Waals surface area (Å²) in [5.41, 5.74) is 2.65. The Balaban J connectivity index is 1.46. The normalized spacial score (nSPS) is 13.2. The summed E-state index contributed by atoms with van der Waals surface area (Å²) in [6.45, 7) is 2.20. The van der Waals surface area contributed by atoms with E-state index < -0.39 is 5.97 Å². The number of anilines is 1. The summed E-state index contributed by atoms with van der Waals surface area (Å²) in [5.74, 6) is 0.391. The van der Waals surface area contributed by atoms with Crippen molar-refractivity contribution in [3.05, 3.63) is 76.2 Å². The minimum Gasteiger partial charge on any atom is -0.497 e. The number of carbonyl (C=O) groups excluding carboxylic acids is 2. The highest BCUT2D eigenvalue weighted by Crippen LogP contribution is 2.38. The molecule has 3 aromatic rings. The van der Waals surface area contributed by atoms with Gasteiger partial charge in [-0.3, -0.25) is 9.69 Å². The second kappa shape index (κ2) is 10.5. The van der Waals surface area contributed by atoms with Crippen LogP contribution in [0.2, 0.25) is 0 Å². The second-order valence-electron chi connectivity index (χ2n) is 7.66. The number of hydrogen-bond acceptors (Lipinski definition) is 7. The Morgan fingerprint density at radius 1 is 1.06 bits per heavy atom. The molecule has 0 bridgehead atoms. The molecule has 0 saturated carbocycles. The van der Waals surface area contributed by atoms with E-state index in [1.54, 1.807) is 31.4 Å². The van der Waals surface area contributed by atoms with Gasteiger partial charge >= 0.3 is 5.97 Å². The van der Waals surface area contributed by atoms with Gasteiger partial charge in [0.2, 0.25) is 0 Å². The number of thiophene rings is 1. The molecule has 0 radical (unpaired) electrons. The van der Waals surface area contributed by atoms with Crippen LogP contribution in [0, 0.1) is 0 Å². The molecule has 2 aromatic carbocycles. The van der Waals surface area contributed by atoms with Gasteiger partial charge in [0.05, 0.1) is 19.8 Å². The summed E-state index contributed by atoms with van der Waals surface area (Å²) >= 11 is 1.43. The second-order valence-corrected chi connectivity index (χ2v) is 8.77. The number of carbonyl (C=O) groups is 2. The number of nitrogens with zero attached hydrogens (tertiary/aromatic N) is 1. The third kappa shape index (κ3) is 5.53. The average molecular weight is 467 g/mol. The molecule has 0 unspecified atom stereocenters. The fourth-order valence-corrected chi connectivity index (χ4v) is 5.14. The topological polar surface area (TPSA) is 77.1 Å². The Hall–Kier alpha value is -3.36. The summed E-state index contributed by atoms with van der Waals surface area (Å²) < 4.78 is 15.8. The van der Waals surface area contributed by atoms with Crippen LogP contribution in [-0.2, 0) is 29.0 Å². The van der Waals surface area contributed by atoms with E-state index in [2.05, 4.69) is 22.3 Å². The Morgan fingerprint density at radius 2 is 1.85 bits per heavy atom. The van der Waals surface area contributed by atoms with Gasteiger partial charge in [0.1, 0.15) is 16.5 Å². The highest BCUT2D eigenvalue weighted by Gasteiger charge is 2.29. The summed E-state index contributed by atoms with van der Waals surface area (Å²) in [4.78, 5) is 28.6. The molecule has 0 aliphatic carbocycles. The number of esters is 1. The number of nitrogens with one attached hydrogen (secondary N) is 1. The molecule has 1 aromatic heterocycles. The van der Waals surface area contributed by atoms with Gasteiger partial charge < -0.3 is 19.5 Å². The molecule has 7 nitrogen and oxygen atoms in total. The lowest BCUT2D eigenvalue weighted by molar-refractivity contribution is -0.118. The molecule has 1 aliphatic heterocycles. The van der Waals surface area contributed by atoms with Gasteiger partial charge in [-0.05, 0) is 29.7 Å². The molecule has 33 heavy (non-hydrogen) atoms. The van der Waals surface area contributed by atoms with Crippen molar-refractivity contribution in [2.24, 2.45) is 0 Å². The first-order chi connectivity index (χ1) is 16.1. The molecule has 2 heterocycles. The van der Waals surface area contributed by atoms with Gasteiger partial charge in [-0.25, -0.2) is 4.79 Å². The van der Waals surface area contributed by atoms with Gasteiger partial charge in [-0.1, -0.05) is 36.4 Å². The number of rotatable bonds is 8. The van der Waals surface area contributed by atoms with Crippen molar-refractivity contribution in [3.63, 3.8) is 0 Å². The summed E-state index contributed by atoms with van der Waals surface area (Å²) in [6, 6.07) is 17.3. The van der Waals surface area contributed by atoms with E-state index >= 15 is 0 Å². The lowest BCUT2D eigenvalue weighted by atomic mass is 10.0. The Labute approximate surface area is 196 Å². The van der Waals surface area contributed by atoms with Crippen LogP contribution in [0.5, 0.6) is 11.5 Å². The SMILES string of the molecule is COC(=O)c1c(NC(=O)COc2cccc(OC)c2)sc2c1CCN(Cc1ccccc1)C2. The first-order valence-electron chi connectivity index (χ1n) is 10.6. The van der Waals surface area contributed by atoms with E-state index in [0.717, 1.165) is 36.5 Å². The highest BCUT2D eigenvalue weighted by molar-refractivity contribution is 7.17. The van der Waals surface area contributed by atoms with Crippen LogP contribution in [0.15, 0.2) is 54.6 Å². The Morgan fingerprint density at radius 3 is 2.61 bits per heavy atom. The number of ether oxygens (including phenoxy) is 3. The highest BCUT2D eigenvalue weighted by atomic mass is 32.1. The van der Waals surface area contributed by atoms with Gasteiger partial charge in [-0.2, -0.15) is 0 Å². The smallest absolute Gasteiger partial charge is 0.341 e. The molecular weight excluding hydrogens is 440 g/mol. The zero-order chi connectivity index (χ0) is 23.2. The van der Waals surface area contributed by atoms with E-state index in [1.807, 2.05) is 18.2 Å². The first-order valence-corrected chi connectivity index (χ1v) is 11.4. The molecule has 172 valence electrons. The molecule has 1 N–H and O–H groups in total. The first kappa shape index (κ1) is 22.8. The third-order valence-electron chi connectivity index (χ3n) is 5.44. The Kier molecular flexibility index (Phi) is 7.26. The number of benzene rings is 2. The number of hydrogen-bond donors (Lipinski definition) is 1. The van der Waals surface area contributed by atoms with Crippen LogP contribution in [0.4, 0.5) is 5.00 Å². The predicted molar refractivity (Wildman–Crippen MR) is 127 cm³/mol. The van der Waals surface area contributed by atoms with Gasteiger partial charge in [-0.15, -0.1) is 11.3 Å². The number of amides is 1. The maximum absolute atomic E-state index is 12.6. The number of methoxy groups -OCH3 is 2. The monoisotopic (exact) mass is 466 g/mol. The van der Waals surface area contributed by atoms with Gasteiger partial charge in [0.25, 0.3) is 5.91 Å². The average Bonchev–Trinajstić information content (AvgIpc) is 3.20. The maximum atomic E-state index is 12.6. The largest absolute Gasteiger partial charge is 0.497 e. The van der Waals surface area contributed by atoms with Crippen molar-refractivity contribution in [2.75, 3.05) is 32.7 Å². The third-order valence-corrected chi connectivity index (χ3v) is 6.57. The van der Waals surface area contributed by atoms with Crippen LogP contribution in [0.1, 0.15) is 26.4 Å². The Bertz CT molecular complexity index is 1130. The van der Waals surface area contributed by atoms with Gasteiger partial charge in [0, 0.05) is 30.6 Å². The van der Waals surface area contributed by atoms with Crippen molar-refractivity contribution in [1.29, 1.82) is 0 Å². The fourth-order valence-electron chi connectivity index (χ4n) is 3.84. The van der Waals surface area contributed by atoms with E-state index in [1.165, 1.54) is 24.0 Å². The quantitative estimate of drug-likeness (QED) is 0.504. The zero-order valence-corrected chi connectivity index (χ0v) is 19.4. The fraction of sp³-hybridized carbons (Fsp3) is 0.280. The zero-order valence-electron chi connectivity index (χ0n) is 18.6. The maximum Gasteiger partial charge on any atom is 0.341 e. The molecule has 1 amide bonds. The number of fused-ring (bicyclic) bond motifs is 1. The van der Waals surface area contributed by atoms with E-state index in [0.29, 0.717) is 22.1 Å². The predicted octanol–water partition coefficient (Wildman–Crippen LogP) is 4.12. The molecule has 0 saturated heterocycles. The van der Waals surface area contributed by atoms with E-state index in [9.17, 15) is 9.59 Å². The van der Waals surface area contributed by atoms with Crippen LogP contribution in [-0.4, -0.2) is 44.1 Å². The van der Waals surface area contributed by atoms with Crippen molar-refractivity contribution in [3.8, 4) is 11.5 Å². The molecule has 1 aliphatic rings. The summed E-state index contributed by atoms with van der Waals surface area (Å²) in [6.07, 6.45) is 0.722. The van der Waals surface area contributed by atoms with E-state index in [4.69, 9.17) is 14.2 Å². The molecule has 0 spiro atoms. The minimum absolute atomic E-state index is 0.184. The molecular formula is C25H26N2O5S. The van der Waals surface area contributed by atoms with Crippen molar-refractivity contribution >= 4 is 28.2 Å². The molecule has 4 rings (SSSR count). The lowest BCUT2D eigenvalue weighted by Gasteiger charge is -2.27. The molecule has 0 fully saturated rings. The lowest BCUT2D eigenvalue weighted by Crippen LogP contribution is -2.29. The summed E-state index contributed by atoms with van der Waals surface area (Å²) in [7, 11) is 2.92. The van der Waals surface area contributed by atoms with Crippen LogP contribution in [0.3, 0.4) is 0 Å². The molecule has 0 atom stereocenters. The van der Waals surface area contributed by atoms with Crippen molar-refractivity contribution in [1.82, 2.24) is 4.90 Å². The van der Waals surface area contributed by atoms with Crippen LogP contribution < -0.4 is 14.8 Å². The standard InChI is InChI=1S/C25H26N2O5S/c1-30-18-9-6-10-19(13-18)32-16-22(28)26-24-23(25(29)31-2)20-11-12-27(15-21(20)33-24)14-17-7-4-3-5-8-17/h3-10,13H,11-12,14-16H2,1-2H3,(H,26,28). The van der Waals surface area contributed by atoms with Gasteiger partial charge in [0.15, 0.2) is 6.61 Å². The van der Waals surface area contributed by atoms with E-state index in [-0.39, 0.29) is 12.5 Å². The molecule has 8 heteroatoms. The van der Waals surface area contributed by atoms with Crippen molar-refractivity contribution < 1.29 is 23.8 Å². The van der Waals surface area contributed by atoms with Crippen LogP contribution >= 0.6 is 11.3 Å². The summed E-state index contributed by atoms with van der Waals surface area (Å²) in [5, 5.41) is 3.36. The van der Waals surface area contributed by atoms with Crippen molar-refractivity contribution in [2.45, 2.75) is 19.5 Å². The minimum atomic E-state index is -0.437.